The molecule has 258 valence electrons. The van der Waals surface area contributed by atoms with Crippen molar-refractivity contribution in [2.45, 2.75) is 0 Å². The highest BCUT2D eigenvalue weighted by Gasteiger charge is 2.23. The van der Waals surface area contributed by atoms with Crippen molar-refractivity contribution in [2.75, 3.05) is 0 Å². The fourth-order valence-electron chi connectivity index (χ4n) is 8.11. The Morgan fingerprint density at radius 2 is 1.07 bits per heavy atom. The van der Waals surface area contributed by atoms with Gasteiger partial charge in [0, 0.05) is 32.7 Å². The second-order valence-electron chi connectivity index (χ2n) is 14.6. The molecule has 60 heavy (non-hydrogen) atoms. The average Bonchev–Trinajstić information content (AvgIpc) is 3.82. The summed E-state index contributed by atoms with van der Waals surface area (Å²) in [4.78, 5) is 15.2. The molecule has 0 bridgehead atoms. The number of nitrogens with zero attached hydrogens (tertiary/aromatic N) is 4. The zero-order valence-electron chi connectivity index (χ0n) is 31.9. The third-order valence-electron chi connectivity index (χ3n) is 11.3. The van der Waals surface area contributed by atoms with Crippen LogP contribution < -0.4 is 54.5 Å². The Balaban J connectivity index is 1.22. The van der Waals surface area contributed by atoms with E-state index in [1.54, 1.807) is 0 Å². The van der Waals surface area contributed by atoms with Crippen molar-refractivity contribution in [1.82, 2.24) is 19.5 Å². The summed E-state index contributed by atoms with van der Waals surface area (Å²) in [6.07, 6.45) is 0. The summed E-state index contributed by atoms with van der Waals surface area (Å²) in [7, 11) is 60.4. The van der Waals surface area contributed by atoms with Gasteiger partial charge in [0.25, 0.3) is 0 Å². The van der Waals surface area contributed by atoms with Crippen LogP contribution in [0.15, 0.2) is 114 Å². The first kappa shape index (κ1) is 38.4. The van der Waals surface area contributed by atoms with Crippen LogP contribution in [0.25, 0.3) is 94.7 Å². The number of para-hydroxylation sites is 1. The SMILES string of the molecule is [B]c1c([B])c([B])c(-c2cccc3oc4cc(-c5nc(-c6c([B])c([B])c([B])c(P)c6[B])nc(-n6c7ccccc7c7cc(-c8ccccc8)ccc76)n5)ccc4c23)c([B])c1[B]. The Bertz CT molecular complexity index is 3400. The average molecular weight is 761 g/mol. The van der Waals surface area contributed by atoms with Crippen molar-refractivity contribution in [3.63, 3.8) is 0 Å². The topological polar surface area (TPSA) is 56.7 Å². The van der Waals surface area contributed by atoms with E-state index >= 15 is 0 Å². The lowest BCUT2D eigenvalue weighted by molar-refractivity contribution is 0.669. The molecule has 10 aromatic rings. The molecular weight excluding hydrogens is 741 g/mol. The molecule has 3 aromatic heterocycles. The molecular formula is C45H20B9N4OP. The van der Waals surface area contributed by atoms with Crippen LogP contribution in [0.2, 0.25) is 0 Å². The maximum atomic E-state index is 6.72. The van der Waals surface area contributed by atoms with Crippen molar-refractivity contribution in [1.29, 1.82) is 0 Å². The zero-order valence-corrected chi connectivity index (χ0v) is 33.0. The van der Waals surface area contributed by atoms with Gasteiger partial charge < -0.3 is 4.42 Å². The highest BCUT2D eigenvalue weighted by molar-refractivity contribution is 7.30. The summed E-state index contributed by atoms with van der Waals surface area (Å²) >= 11 is 0. The molecule has 0 spiro atoms. The predicted octanol–water partition coefficient (Wildman–Crippen LogP) is 0.181. The number of rotatable bonds is 5. The predicted molar refractivity (Wildman–Crippen MR) is 261 cm³/mol. The van der Waals surface area contributed by atoms with Crippen LogP contribution in [0.5, 0.6) is 0 Å². The van der Waals surface area contributed by atoms with Gasteiger partial charge >= 0.3 is 0 Å². The lowest BCUT2D eigenvalue weighted by atomic mass is 9.59. The maximum absolute atomic E-state index is 6.72. The second kappa shape index (κ2) is 14.4. The van der Waals surface area contributed by atoms with E-state index in [1.807, 2.05) is 77.4 Å². The van der Waals surface area contributed by atoms with Gasteiger partial charge in [0.15, 0.2) is 11.6 Å². The van der Waals surface area contributed by atoms with Crippen LogP contribution >= 0.6 is 9.24 Å². The number of benzene rings is 7. The van der Waals surface area contributed by atoms with E-state index in [4.69, 9.17) is 90.0 Å². The van der Waals surface area contributed by atoms with Crippen LogP contribution in [-0.4, -0.2) is 90.1 Å². The lowest BCUT2D eigenvalue weighted by Crippen LogP contribution is -2.55. The number of hydrogen-bond acceptors (Lipinski definition) is 4. The van der Waals surface area contributed by atoms with Crippen molar-refractivity contribution < 1.29 is 4.42 Å². The van der Waals surface area contributed by atoms with Crippen LogP contribution in [-0.2, 0) is 0 Å². The number of hydrogen-bond donors (Lipinski definition) is 0. The highest BCUT2D eigenvalue weighted by Crippen LogP contribution is 2.38. The third kappa shape index (κ3) is 5.82. The standard InChI is InChI=1S/C45H20B9N4OP/c46-33-31(34(47)38(51)40(53)37(33)50)24-10-6-12-28-30(24)23-15-13-21(18-29(23)59-28)43-55-44(32-35(48)39(52)41(54)42(60)36(32)49)57-45(56-43)58-26-11-5-4-9-22(26)25-17-20(14-16-27(25)58)19-7-2-1-3-8-19/h1-18H,60H2. The minimum Gasteiger partial charge on any atom is -0.456 e. The molecule has 1 atom stereocenters. The van der Waals surface area contributed by atoms with Crippen molar-refractivity contribution in [3.05, 3.63) is 109 Å². The van der Waals surface area contributed by atoms with Gasteiger partial charge in [-0.3, -0.25) is 4.57 Å². The minimum absolute atomic E-state index is 0.135. The van der Waals surface area contributed by atoms with Gasteiger partial charge in [0.2, 0.25) is 5.95 Å². The molecule has 15 heteroatoms. The molecule has 0 fully saturated rings. The van der Waals surface area contributed by atoms with Crippen LogP contribution in [0.3, 0.4) is 0 Å². The summed E-state index contributed by atoms with van der Waals surface area (Å²) in [5.41, 5.74) is 8.89. The van der Waals surface area contributed by atoms with Gasteiger partial charge in [0.1, 0.15) is 81.8 Å². The molecule has 5 nitrogen and oxygen atoms in total. The van der Waals surface area contributed by atoms with E-state index in [-0.39, 0.29) is 55.0 Å². The molecule has 0 aliphatic carbocycles. The Kier molecular flexibility index (Phi) is 9.22. The molecule has 0 aliphatic heterocycles. The summed E-state index contributed by atoms with van der Waals surface area (Å²) in [5.74, 6) is 0.838. The molecule has 0 saturated heterocycles. The first-order chi connectivity index (χ1) is 28.9. The molecule has 3 heterocycles. The first-order valence-corrected chi connectivity index (χ1v) is 19.3. The van der Waals surface area contributed by atoms with Crippen molar-refractivity contribution >= 4 is 178 Å². The van der Waals surface area contributed by atoms with Gasteiger partial charge in [0.05, 0.1) is 11.0 Å². The van der Waals surface area contributed by atoms with E-state index in [0.29, 0.717) is 50.5 Å². The molecule has 0 aliphatic rings. The van der Waals surface area contributed by atoms with Gasteiger partial charge in [-0.1, -0.05) is 100 Å². The summed E-state index contributed by atoms with van der Waals surface area (Å²) in [5, 5.41) is 4.04. The fourth-order valence-corrected chi connectivity index (χ4v) is 8.41. The van der Waals surface area contributed by atoms with Crippen LogP contribution in [0.1, 0.15) is 0 Å². The van der Waals surface area contributed by atoms with Crippen molar-refractivity contribution in [3.8, 4) is 51.0 Å². The van der Waals surface area contributed by atoms with E-state index in [9.17, 15) is 0 Å². The molecule has 1 unspecified atom stereocenters. The Morgan fingerprint density at radius 1 is 0.433 bits per heavy atom. The van der Waals surface area contributed by atoms with Gasteiger partial charge in [-0.25, -0.2) is 4.98 Å². The molecule has 18 radical (unpaired) electrons. The molecule has 0 N–H and O–H groups in total. The molecule has 0 amide bonds. The minimum atomic E-state index is 0.135. The summed E-state index contributed by atoms with van der Waals surface area (Å²) in [6, 6.07) is 36.0. The fraction of sp³-hybridized carbons (Fsp3) is 0. The molecule has 10 rings (SSSR count). The Labute approximate surface area is 360 Å². The Hall–Kier alpha value is -5.84. The summed E-state index contributed by atoms with van der Waals surface area (Å²) in [6.45, 7) is 0. The third-order valence-corrected chi connectivity index (χ3v) is 11.9. The smallest absolute Gasteiger partial charge is 0.238 e. The Morgan fingerprint density at radius 3 is 1.83 bits per heavy atom. The lowest BCUT2D eigenvalue weighted by Gasteiger charge is -2.21. The van der Waals surface area contributed by atoms with E-state index in [0.717, 1.165) is 43.7 Å². The van der Waals surface area contributed by atoms with E-state index < -0.39 is 0 Å². The molecule has 7 aromatic carbocycles. The quantitative estimate of drug-likeness (QED) is 0.186. The van der Waals surface area contributed by atoms with Crippen molar-refractivity contribution in [2.24, 2.45) is 0 Å². The van der Waals surface area contributed by atoms with Gasteiger partial charge in [-0.15, -0.1) is 31.1 Å². The van der Waals surface area contributed by atoms with E-state index in [1.165, 1.54) is 0 Å². The largest absolute Gasteiger partial charge is 0.456 e. The van der Waals surface area contributed by atoms with Crippen LogP contribution in [0.4, 0.5) is 0 Å². The zero-order chi connectivity index (χ0) is 41.7. The van der Waals surface area contributed by atoms with E-state index in [2.05, 4.69) is 45.6 Å². The highest BCUT2D eigenvalue weighted by atomic mass is 31.0. The number of fused-ring (bicyclic) bond motifs is 6. The maximum Gasteiger partial charge on any atom is 0.238 e. The van der Waals surface area contributed by atoms with Crippen LogP contribution in [0, 0.1) is 0 Å². The number of furan rings is 1. The summed E-state index contributed by atoms with van der Waals surface area (Å²) < 4.78 is 8.49. The normalized spacial score (nSPS) is 11.7. The van der Waals surface area contributed by atoms with Gasteiger partial charge in [-0.05, 0) is 64.0 Å². The van der Waals surface area contributed by atoms with Gasteiger partial charge in [-0.2, -0.15) is 9.97 Å². The monoisotopic (exact) mass is 762 g/mol. The molecule has 0 saturated carbocycles. The first-order valence-electron chi connectivity index (χ1n) is 18.8. The second-order valence-corrected chi connectivity index (χ2v) is 15.2. The number of aromatic nitrogens is 4.